The second-order valence-corrected chi connectivity index (χ2v) is 7.22. The van der Waals surface area contributed by atoms with Gasteiger partial charge in [0.2, 0.25) is 5.91 Å². The molecule has 1 aliphatic rings. The lowest BCUT2D eigenvalue weighted by molar-refractivity contribution is -0.128. The summed E-state index contributed by atoms with van der Waals surface area (Å²) in [6.45, 7) is 8.01. The second-order valence-electron chi connectivity index (χ2n) is 7.22. The zero-order valence-corrected chi connectivity index (χ0v) is 17.5. The molecule has 0 heterocycles. The first kappa shape index (κ1) is 22.5. The Kier molecular flexibility index (Phi) is 11.6. The van der Waals surface area contributed by atoms with E-state index in [1.165, 1.54) is 38.5 Å². The van der Waals surface area contributed by atoms with Crippen molar-refractivity contribution in [3.05, 3.63) is 0 Å². The maximum atomic E-state index is 11.7. The highest BCUT2D eigenvalue weighted by molar-refractivity contribution is 14.0. The quantitative estimate of drug-likeness (QED) is 0.248. The topological polar surface area (TPSA) is 65.5 Å². The molecule has 136 valence electrons. The molecule has 0 aromatic carbocycles. The first-order chi connectivity index (χ1) is 10.4. The van der Waals surface area contributed by atoms with Gasteiger partial charge in [0, 0.05) is 32.1 Å². The molecule has 3 N–H and O–H groups in total. The normalized spacial score (nSPS) is 15.9. The molecule has 0 unspecified atom stereocenters. The third-order valence-corrected chi connectivity index (χ3v) is 4.16. The fourth-order valence-corrected chi connectivity index (χ4v) is 2.74. The number of nitrogens with one attached hydrogen (secondary N) is 3. The van der Waals surface area contributed by atoms with Crippen LogP contribution in [0.25, 0.3) is 0 Å². The van der Waals surface area contributed by atoms with Gasteiger partial charge in [0.05, 0.1) is 0 Å². The van der Waals surface area contributed by atoms with Gasteiger partial charge in [-0.15, -0.1) is 24.0 Å². The molecule has 0 saturated heterocycles. The Bertz CT molecular complexity index is 360. The molecule has 0 bridgehead atoms. The van der Waals surface area contributed by atoms with E-state index in [1.807, 2.05) is 20.8 Å². The Balaban J connectivity index is 0.00000484. The number of carbonyl (C=O) groups excluding carboxylic acids is 1. The molecule has 0 spiro atoms. The highest BCUT2D eigenvalue weighted by Gasteiger charge is 2.20. The Hall–Kier alpha value is -0.530. The zero-order chi connectivity index (χ0) is 16.4. The van der Waals surface area contributed by atoms with E-state index in [9.17, 15) is 4.79 Å². The van der Waals surface area contributed by atoms with Crippen molar-refractivity contribution in [3.63, 3.8) is 0 Å². The molecule has 0 radical (unpaired) electrons. The van der Waals surface area contributed by atoms with Gasteiger partial charge in [0.1, 0.15) is 0 Å². The number of hydrogen-bond acceptors (Lipinski definition) is 2. The molecule has 5 nitrogen and oxygen atoms in total. The van der Waals surface area contributed by atoms with Crippen molar-refractivity contribution in [2.75, 3.05) is 26.7 Å². The number of nitrogens with zero attached hydrogens (tertiary/aromatic N) is 1. The Morgan fingerprint density at radius 3 is 2.17 bits per heavy atom. The molecule has 0 atom stereocenters. The van der Waals surface area contributed by atoms with Crippen molar-refractivity contribution < 1.29 is 4.79 Å². The summed E-state index contributed by atoms with van der Waals surface area (Å²) in [5.41, 5.74) is -0.333. The van der Waals surface area contributed by atoms with Gasteiger partial charge in [-0.1, -0.05) is 46.5 Å². The summed E-state index contributed by atoms with van der Waals surface area (Å²) in [7, 11) is 1.78. The maximum absolute atomic E-state index is 11.7. The van der Waals surface area contributed by atoms with E-state index in [0.29, 0.717) is 13.1 Å². The van der Waals surface area contributed by atoms with Gasteiger partial charge in [-0.3, -0.25) is 9.79 Å². The summed E-state index contributed by atoms with van der Waals surface area (Å²) in [5.74, 6) is 1.84. The van der Waals surface area contributed by atoms with E-state index in [1.54, 1.807) is 7.05 Å². The Labute approximate surface area is 158 Å². The number of amides is 1. The minimum atomic E-state index is -0.333. The van der Waals surface area contributed by atoms with Crippen LogP contribution in [0.3, 0.4) is 0 Å². The minimum absolute atomic E-state index is 0. The van der Waals surface area contributed by atoms with Gasteiger partial charge < -0.3 is 16.0 Å². The number of hydrogen-bond donors (Lipinski definition) is 3. The SMILES string of the molecule is CN=C(NCCCC1CCCC1)NCCNC(=O)C(C)(C)C.I. The van der Waals surface area contributed by atoms with Crippen LogP contribution in [-0.4, -0.2) is 38.5 Å². The highest BCUT2D eigenvalue weighted by Crippen LogP contribution is 2.28. The Morgan fingerprint density at radius 2 is 1.61 bits per heavy atom. The predicted molar refractivity (Wildman–Crippen MR) is 108 cm³/mol. The summed E-state index contributed by atoms with van der Waals surface area (Å²) < 4.78 is 0. The van der Waals surface area contributed by atoms with E-state index in [2.05, 4.69) is 20.9 Å². The van der Waals surface area contributed by atoms with Gasteiger partial charge in [-0.25, -0.2) is 0 Å². The standard InChI is InChI=1S/C17H34N4O.HI/c1-17(2,3)15(22)19-12-13-21-16(18-4)20-11-7-10-14-8-5-6-9-14;/h14H,5-13H2,1-4H3,(H,19,22)(H2,18,20,21);1H. The van der Waals surface area contributed by atoms with Crippen LogP contribution in [0.5, 0.6) is 0 Å². The number of halogens is 1. The average Bonchev–Trinajstić information content (AvgIpc) is 2.97. The van der Waals surface area contributed by atoms with Crippen LogP contribution in [-0.2, 0) is 4.79 Å². The Morgan fingerprint density at radius 1 is 1.04 bits per heavy atom. The van der Waals surface area contributed by atoms with Crippen LogP contribution in [0.1, 0.15) is 59.3 Å². The summed E-state index contributed by atoms with van der Waals surface area (Å²) in [6, 6.07) is 0. The highest BCUT2D eigenvalue weighted by atomic mass is 127. The third-order valence-electron chi connectivity index (χ3n) is 4.16. The molecule has 1 saturated carbocycles. The van der Waals surface area contributed by atoms with Crippen molar-refractivity contribution >= 4 is 35.8 Å². The molecule has 1 amide bonds. The number of rotatable bonds is 7. The van der Waals surface area contributed by atoms with Crippen molar-refractivity contribution in [1.29, 1.82) is 0 Å². The molecular formula is C17H35IN4O. The lowest BCUT2D eigenvalue weighted by atomic mass is 9.96. The van der Waals surface area contributed by atoms with E-state index >= 15 is 0 Å². The van der Waals surface area contributed by atoms with Gasteiger partial charge in [0.25, 0.3) is 0 Å². The molecule has 0 aliphatic heterocycles. The molecule has 1 aliphatic carbocycles. The van der Waals surface area contributed by atoms with Crippen LogP contribution >= 0.6 is 24.0 Å². The summed E-state index contributed by atoms with van der Waals surface area (Å²) in [4.78, 5) is 15.9. The van der Waals surface area contributed by atoms with Crippen molar-refractivity contribution in [2.24, 2.45) is 16.3 Å². The lowest BCUT2D eigenvalue weighted by Crippen LogP contribution is -2.43. The van der Waals surface area contributed by atoms with Crippen molar-refractivity contribution in [1.82, 2.24) is 16.0 Å². The van der Waals surface area contributed by atoms with E-state index in [4.69, 9.17) is 0 Å². The lowest BCUT2D eigenvalue weighted by Gasteiger charge is -2.18. The van der Waals surface area contributed by atoms with Crippen LogP contribution < -0.4 is 16.0 Å². The average molecular weight is 438 g/mol. The minimum Gasteiger partial charge on any atom is -0.356 e. The van der Waals surface area contributed by atoms with Crippen LogP contribution in [0.2, 0.25) is 0 Å². The van der Waals surface area contributed by atoms with Crippen LogP contribution in [0.4, 0.5) is 0 Å². The molecule has 1 rings (SSSR count). The third kappa shape index (κ3) is 10.0. The maximum Gasteiger partial charge on any atom is 0.225 e. The van der Waals surface area contributed by atoms with Crippen molar-refractivity contribution in [3.8, 4) is 0 Å². The fraction of sp³-hybridized carbons (Fsp3) is 0.882. The van der Waals surface area contributed by atoms with Gasteiger partial charge in [-0.2, -0.15) is 0 Å². The predicted octanol–water partition coefficient (Wildman–Crippen LogP) is 2.90. The largest absolute Gasteiger partial charge is 0.356 e. The van der Waals surface area contributed by atoms with Gasteiger partial charge in [-0.05, 0) is 18.8 Å². The first-order valence-electron chi connectivity index (χ1n) is 8.66. The van der Waals surface area contributed by atoms with E-state index in [-0.39, 0.29) is 35.3 Å². The molecule has 1 fully saturated rings. The van der Waals surface area contributed by atoms with Gasteiger partial charge in [0.15, 0.2) is 5.96 Å². The second kappa shape index (κ2) is 11.9. The number of guanidine groups is 1. The smallest absolute Gasteiger partial charge is 0.225 e. The summed E-state index contributed by atoms with van der Waals surface area (Å²) >= 11 is 0. The summed E-state index contributed by atoms with van der Waals surface area (Å²) in [5, 5.41) is 9.49. The molecule has 0 aromatic rings. The number of aliphatic imine (C=N–C) groups is 1. The molecule has 0 aromatic heterocycles. The van der Waals surface area contributed by atoms with E-state index in [0.717, 1.165) is 18.4 Å². The summed E-state index contributed by atoms with van der Waals surface area (Å²) in [6.07, 6.45) is 8.20. The van der Waals surface area contributed by atoms with Gasteiger partial charge >= 0.3 is 0 Å². The number of carbonyl (C=O) groups is 1. The monoisotopic (exact) mass is 438 g/mol. The van der Waals surface area contributed by atoms with Crippen molar-refractivity contribution in [2.45, 2.75) is 59.3 Å². The van der Waals surface area contributed by atoms with E-state index < -0.39 is 0 Å². The first-order valence-corrected chi connectivity index (χ1v) is 8.66. The molecule has 6 heteroatoms. The molecular weight excluding hydrogens is 403 g/mol. The zero-order valence-electron chi connectivity index (χ0n) is 15.2. The molecule has 23 heavy (non-hydrogen) atoms. The van der Waals surface area contributed by atoms with Crippen LogP contribution in [0.15, 0.2) is 4.99 Å². The fourth-order valence-electron chi connectivity index (χ4n) is 2.74. The van der Waals surface area contributed by atoms with Crippen LogP contribution in [0, 0.1) is 11.3 Å².